The van der Waals surface area contributed by atoms with Crippen molar-refractivity contribution in [3.63, 3.8) is 0 Å². The topological polar surface area (TPSA) is 64.4 Å². The summed E-state index contributed by atoms with van der Waals surface area (Å²) in [6.45, 7) is 1.71. The van der Waals surface area contributed by atoms with Crippen LogP contribution in [0.2, 0.25) is 5.02 Å². The van der Waals surface area contributed by atoms with Crippen LogP contribution in [0.4, 0.5) is 5.69 Å². The van der Waals surface area contributed by atoms with Crippen LogP contribution in [0.3, 0.4) is 0 Å². The fourth-order valence-electron chi connectivity index (χ4n) is 3.52. The van der Waals surface area contributed by atoms with Gasteiger partial charge in [0.05, 0.1) is 16.8 Å². The van der Waals surface area contributed by atoms with Crippen LogP contribution in [0.1, 0.15) is 41.8 Å². The fourth-order valence-corrected chi connectivity index (χ4v) is 3.75. The van der Waals surface area contributed by atoms with Crippen molar-refractivity contribution in [1.82, 2.24) is 5.16 Å². The Morgan fingerprint density at radius 1 is 1.14 bits per heavy atom. The summed E-state index contributed by atoms with van der Waals surface area (Å²) in [7, 11) is 0. The number of aryl methyl sites for hydroxylation is 1. The molecule has 2 aromatic carbocycles. The van der Waals surface area contributed by atoms with Gasteiger partial charge in [0.2, 0.25) is 0 Å². The van der Waals surface area contributed by atoms with Gasteiger partial charge in [-0.05, 0) is 50.8 Å². The quantitative estimate of drug-likeness (QED) is 0.585. The molecule has 1 aliphatic carbocycles. The van der Waals surface area contributed by atoms with Crippen LogP contribution in [0.5, 0.6) is 5.75 Å². The van der Waals surface area contributed by atoms with E-state index in [1.165, 1.54) is 12.8 Å². The van der Waals surface area contributed by atoms with Crippen LogP contribution in [0, 0.1) is 6.92 Å². The third-order valence-electron chi connectivity index (χ3n) is 4.95. The molecular weight excluding hydrogens is 376 g/mol. The Balaban J connectivity index is 1.62. The third-order valence-corrected chi connectivity index (χ3v) is 5.28. The van der Waals surface area contributed by atoms with Crippen molar-refractivity contribution >= 4 is 23.2 Å². The number of halogens is 1. The molecule has 0 atom stereocenters. The molecule has 144 valence electrons. The number of amides is 1. The smallest absolute Gasteiger partial charge is 0.261 e. The number of ether oxygens (including phenoxy) is 1. The van der Waals surface area contributed by atoms with Crippen molar-refractivity contribution in [3.8, 4) is 17.0 Å². The number of nitrogens with one attached hydrogen (secondary N) is 1. The molecule has 1 N–H and O–H groups in total. The second-order valence-electron chi connectivity index (χ2n) is 6.92. The second-order valence-corrected chi connectivity index (χ2v) is 7.32. The lowest BCUT2D eigenvalue weighted by Gasteiger charge is -2.17. The van der Waals surface area contributed by atoms with Crippen molar-refractivity contribution in [2.45, 2.75) is 38.7 Å². The zero-order valence-corrected chi connectivity index (χ0v) is 16.3. The third kappa shape index (κ3) is 3.76. The maximum Gasteiger partial charge on any atom is 0.261 e. The molecule has 28 heavy (non-hydrogen) atoms. The molecule has 0 aliphatic heterocycles. The largest absolute Gasteiger partial charge is 0.488 e. The molecular formula is C22H21ClN2O3. The highest BCUT2D eigenvalue weighted by molar-refractivity contribution is 6.33. The van der Waals surface area contributed by atoms with Gasteiger partial charge in [-0.1, -0.05) is 47.1 Å². The number of rotatable bonds is 5. The van der Waals surface area contributed by atoms with E-state index in [4.69, 9.17) is 20.9 Å². The monoisotopic (exact) mass is 396 g/mol. The molecule has 0 unspecified atom stereocenters. The minimum absolute atomic E-state index is 0.203. The number of hydrogen-bond donors (Lipinski definition) is 1. The van der Waals surface area contributed by atoms with Gasteiger partial charge in [-0.25, -0.2) is 0 Å². The molecule has 1 aliphatic rings. The molecule has 0 radical (unpaired) electrons. The van der Waals surface area contributed by atoms with Crippen LogP contribution in [0.15, 0.2) is 53.1 Å². The highest BCUT2D eigenvalue weighted by Gasteiger charge is 2.24. The van der Waals surface area contributed by atoms with Gasteiger partial charge in [0.15, 0.2) is 0 Å². The van der Waals surface area contributed by atoms with Crippen molar-refractivity contribution in [2.75, 3.05) is 5.32 Å². The van der Waals surface area contributed by atoms with Gasteiger partial charge in [-0.2, -0.15) is 0 Å². The molecule has 0 saturated heterocycles. The van der Waals surface area contributed by atoms with Gasteiger partial charge < -0.3 is 14.6 Å². The molecule has 3 aromatic rings. The minimum Gasteiger partial charge on any atom is -0.488 e. The van der Waals surface area contributed by atoms with E-state index in [1.807, 2.05) is 42.5 Å². The first-order valence-electron chi connectivity index (χ1n) is 9.41. The molecule has 1 aromatic heterocycles. The Hall–Kier alpha value is -2.79. The molecule has 6 heteroatoms. The normalized spacial score (nSPS) is 14.2. The highest BCUT2D eigenvalue weighted by Crippen LogP contribution is 2.33. The highest BCUT2D eigenvalue weighted by atomic mass is 35.5. The van der Waals surface area contributed by atoms with Crippen molar-refractivity contribution in [2.24, 2.45) is 0 Å². The van der Waals surface area contributed by atoms with E-state index < -0.39 is 0 Å². The van der Waals surface area contributed by atoms with E-state index in [0.29, 0.717) is 39.0 Å². The van der Waals surface area contributed by atoms with E-state index in [9.17, 15) is 4.79 Å². The minimum atomic E-state index is -0.309. The summed E-state index contributed by atoms with van der Waals surface area (Å²) >= 11 is 6.29. The second kappa shape index (κ2) is 8.07. The first-order valence-corrected chi connectivity index (χ1v) is 9.79. The van der Waals surface area contributed by atoms with E-state index in [-0.39, 0.29) is 12.0 Å². The Kier molecular flexibility index (Phi) is 5.35. The zero-order chi connectivity index (χ0) is 19.5. The molecule has 5 nitrogen and oxygen atoms in total. The average Bonchev–Trinajstić information content (AvgIpc) is 3.33. The van der Waals surface area contributed by atoms with Crippen molar-refractivity contribution in [1.29, 1.82) is 0 Å². The lowest BCUT2D eigenvalue weighted by molar-refractivity contribution is 0.102. The molecule has 1 fully saturated rings. The number of hydrogen-bond acceptors (Lipinski definition) is 4. The van der Waals surface area contributed by atoms with Crippen LogP contribution >= 0.6 is 11.6 Å². The number of benzene rings is 2. The Labute approximate surface area is 168 Å². The maximum atomic E-state index is 13.1. The predicted molar refractivity (Wildman–Crippen MR) is 109 cm³/mol. The van der Waals surface area contributed by atoms with Crippen molar-refractivity contribution in [3.05, 3.63) is 64.9 Å². The van der Waals surface area contributed by atoms with Crippen LogP contribution in [-0.2, 0) is 0 Å². The van der Waals surface area contributed by atoms with Gasteiger partial charge in [-0.15, -0.1) is 0 Å². The molecule has 1 heterocycles. The average molecular weight is 397 g/mol. The Bertz CT molecular complexity index is 993. The molecule has 0 bridgehead atoms. The van der Waals surface area contributed by atoms with Gasteiger partial charge in [0.25, 0.3) is 5.91 Å². The van der Waals surface area contributed by atoms with E-state index in [0.717, 1.165) is 12.8 Å². The summed E-state index contributed by atoms with van der Waals surface area (Å²) in [5, 5.41) is 7.52. The summed E-state index contributed by atoms with van der Waals surface area (Å²) < 4.78 is 11.4. The summed E-state index contributed by atoms with van der Waals surface area (Å²) in [6.07, 6.45) is 4.66. The van der Waals surface area contributed by atoms with Crippen LogP contribution < -0.4 is 10.1 Å². The van der Waals surface area contributed by atoms with Gasteiger partial charge in [0.1, 0.15) is 22.8 Å². The summed E-state index contributed by atoms with van der Waals surface area (Å²) in [6, 6.07) is 14.7. The number of para-hydroxylation sites is 2. The fraction of sp³-hybridized carbons (Fsp3) is 0.273. The summed E-state index contributed by atoms with van der Waals surface area (Å²) in [5.41, 5.74) is 2.07. The predicted octanol–water partition coefficient (Wildman–Crippen LogP) is 5.88. The Morgan fingerprint density at radius 2 is 1.86 bits per heavy atom. The molecule has 4 rings (SSSR count). The number of nitrogens with zero attached hydrogens (tertiary/aromatic N) is 1. The lowest BCUT2D eigenvalue weighted by Crippen LogP contribution is -2.16. The number of carbonyl (C=O) groups excluding carboxylic acids is 1. The Morgan fingerprint density at radius 3 is 2.64 bits per heavy atom. The van der Waals surface area contributed by atoms with Gasteiger partial charge in [0, 0.05) is 5.56 Å². The molecule has 0 spiro atoms. The van der Waals surface area contributed by atoms with Crippen molar-refractivity contribution < 1.29 is 14.1 Å². The van der Waals surface area contributed by atoms with Gasteiger partial charge >= 0.3 is 0 Å². The maximum absolute atomic E-state index is 13.1. The van der Waals surface area contributed by atoms with E-state index >= 15 is 0 Å². The molecule has 1 saturated carbocycles. The number of carbonyl (C=O) groups is 1. The number of aromatic nitrogens is 1. The standard InChI is InChI=1S/C22H21ClN2O3/c1-14-20(21(25-28-14)16-10-4-5-11-17(16)23)22(26)24-18-12-6-7-13-19(18)27-15-8-2-3-9-15/h4-7,10-13,15H,2-3,8-9H2,1H3,(H,24,26). The number of anilines is 1. The van der Waals surface area contributed by atoms with Crippen LogP contribution in [0.25, 0.3) is 11.3 Å². The summed E-state index contributed by atoms with van der Waals surface area (Å²) in [4.78, 5) is 13.1. The van der Waals surface area contributed by atoms with Gasteiger partial charge in [-0.3, -0.25) is 4.79 Å². The lowest BCUT2D eigenvalue weighted by atomic mass is 10.1. The summed E-state index contributed by atoms with van der Waals surface area (Å²) in [5.74, 6) is 0.800. The van der Waals surface area contributed by atoms with Crippen LogP contribution in [-0.4, -0.2) is 17.2 Å². The van der Waals surface area contributed by atoms with E-state index in [1.54, 1.807) is 13.0 Å². The molecule has 1 amide bonds. The first-order chi connectivity index (χ1) is 13.6. The SMILES string of the molecule is Cc1onc(-c2ccccc2Cl)c1C(=O)Nc1ccccc1OC1CCCC1. The van der Waals surface area contributed by atoms with E-state index in [2.05, 4.69) is 10.5 Å². The zero-order valence-electron chi connectivity index (χ0n) is 15.6. The first kappa shape index (κ1) is 18.6.